The summed E-state index contributed by atoms with van der Waals surface area (Å²) in [5.74, 6) is 0.530. The van der Waals surface area contributed by atoms with Crippen molar-refractivity contribution in [1.82, 2.24) is 20.4 Å². The Kier molecular flexibility index (Phi) is 8.67. The summed E-state index contributed by atoms with van der Waals surface area (Å²) in [4.78, 5) is 27.1. The Morgan fingerprint density at radius 3 is 2.54 bits per heavy atom. The molecule has 4 fully saturated rings. The Hall–Kier alpha value is -2.65. The Morgan fingerprint density at radius 2 is 1.90 bits per heavy atom. The molecule has 9 heteroatoms. The van der Waals surface area contributed by atoms with Crippen LogP contribution in [0, 0.1) is 23.2 Å². The Balaban J connectivity index is 1.30. The molecule has 2 N–H and O–H groups in total. The van der Waals surface area contributed by atoms with E-state index in [4.69, 9.17) is 9.31 Å². The molecule has 2 heterocycles. The number of aryl methyl sites for hydroxylation is 1. The molecule has 1 aromatic carbocycles. The van der Waals surface area contributed by atoms with Crippen LogP contribution in [0.4, 0.5) is 0 Å². The minimum absolute atomic E-state index is 0.0377. The number of nitrogens with one attached hydrogen (secondary N) is 2. The number of carbonyl (C=O) groups excluding carboxylic acids is 2. The molecule has 6 atom stereocenters. The lowest BCUT2D eigenvalue weighted by molar-refractivity contribution is -0.199. The predicted molar refractivity (Wildman–Crippen MR) is 160 cm³/mol. The summed E-state index contributed by atoms with van der Waals surface area (Å²) in [6.07, 6.45) is 9.61. The zero-order valence-corrected chi connectivity index (χ0v) is 25.6. The lowest BCUT2D eigenvalue weighted by Gasteiger charge is -2.64. The van der Waals surface area contributed by atoms with Crippen molar-refractivity contribution in [2.24, 2.45) is 23.2 Å². The highest BCUT2D eigenvalue weighted by Gasteiger charge is 2.68. The van der Waals surface area contributed by atoms with E-state index in [1.54, 1.807) is 17.1 Å². The predicted octanol–water partition coefficient (Wildman–Crippen LogP) is 4.82. The molecule has 0 spiro atoms. The van der Waals surface area contributed by atoms with Gasteiger partial charge in [0.05, 0.1) is 24.2 Å². The average Bonchev–Trinajstić information content (AvgIpc) is 3.57. The molecule has 1 aromatic heterocycles. The normalized spacial score (nSPS) is 27.6. The van der Waals surface area contributed by atoms with Crippen molar-refractivity contribution in [3.8, 4) is 0 Å². The van der Waals surface area contributed by atoms with E-state index in [2.05, 4.69) is 57.3 Å². The topological polar surface area (TPSA) is 94.5 Å². The van der Waals surface area contributed by atoms with Gasteiger partial charge >= 0.3 is 7.12 Å². The quantitative estimate of drug-likeness (QED) is 0.362. The summed E-state index contributed by atoms with van der Waals surface area (Å²) < 4.78 is 15.0. The van der Waals surface area contributed by atoms with Crippen LogP contribution in [-0.4, -0.2) is 52.4 Å². The number of unbranched alkanes of at least 4 members (excludes halogenated alkanes) is 1. The molecule has 2 bridgehead atoms. The molecule has 1 aliphatic heterocycles. The van der Waals surface area contributed by atoms with Crippen LogP contribution in [0.5, 0.6) is 0 Å². The summed E-state index contributed by atoms with van der Waals surface area (Å²) in [5, 5.41) is 10.5. The molecule has 3 aliphatic carbocycles. The van der Waals surface area contributed by atoms with Crippen molar-refractivity contribution >= 4 is 18.9 Å². The van der Waals surface area contributed by atoms with E-state index in [1.165, 1.54) is 12.0 Å². The number of benzene rings is 1. The van der Waals surface area contributed by atoms with E-state index >= 15 is 0 Å². The maximum Gasteiger partial charge on any atom is 0.481 e. The lowest BCUT2D eigenvalue weighted by Crippen LogP contribution is -2.65. The summed E-state index contributed by atoms with van der Waals surface area (Å²) in [7, 11) is -0.525. The Morgan fingerprint density at radius 1 is 1.15 bits per heavy atom. The highest BCUT2D eigenvalue weighted by atomic mass is 16.7. The maximum atomic E-state index is 13.8. The van der Waals surface area contributed by atoms with Gasteiger partial charge in [0.15, 0.2) is 0 Å². The number of amides is 2. The molecule has 2 amide bonds. The number of hydrogen-bond donors (Lipinski definition) is 2. The standard InChI is InChI=1S/C32H47BN4O4/c1-7-8-10-22-11-13-23(14-12-22)29(38)35-25(20-37-16-9-15-34-37)30(39)36-28(17-21(2)3)33-40-27-19-24-18-26(31(24,4)5)32(27,6)41-33/h9,11-16,21,24-28H,7-8,10,17-20H2,1-6H3,(H,35,38)(H,36,39)/t24-,25-,26-,27+,28-,32-/m0/s1. The summed E-state index contributed by atoms with van der Waals surface area (Å²) in [5.41, 5.74) is 1.63. The first-order valence-electron chi connectivity index (χ1n) is 15.5. The van der Waals surface area contributed by atoms with E-state index < -0.39 is 13.2 Å². The van der Waals surface area contributed by atoms with Gasteiger partial charge in [0.2, 0.25) is 5.91 Å². The first-order valence-corrected chi connectivity index (χ1v) is 15.5. The second-order valence-corrected chi connectivity index (χ2v) is 13.6. The minimum atomic E-state index is -0.817. The molecule has 1 saturated heterocycles. The van der Waals surface area contributed by atoms with Gasteiger partial charge in [0.1, 0.15) is 6.04 Å². The second kappa shape index (κ2) is 11.9. The fourth-order valence-electron chi connectivity index (χ4n) is 7.34. The Labute approximate surface area is 245 Å². The largest absolute Gasteiger partial charge is 0.481 e. The number of nitrogens with zero attached hydrogens (tertiary/aromatic N) is 2. The van der Waals surface area contributed by atoms with Crippen LogP contribution in [0.2, 0.25) is 0 Å². The molecule has 2 aromatic rings. The van der Waals surface area contributed by atoms with Gasteiger partial charge in [-0.2, -0.15) is 5.10 Å². The van der Waals surface area contributed by atoms with Gasteiger partial charge in [0.25, 0.3) is 5.91 Å². The third kappa shape index (κ3) is 6.12. The van der Waals surface area contributed by atoms with Gasteiger partial charge in [-0.3, -0.25) is 14.3 Å². The van der Waals surface area contributed by atoms with E-state index in [1.807, 2.05) is 30.3 Å². The SMILES string of the molecule is CCCCc1ccc(C(=O)N[C@@H](Cn2cccn2)C(=O)N[C@@H](CC(C)C)B2O[C@@H]3C[C@@H]4C[C@@H](C4(C)C)[C@]3(C)O2)cc1. The van der Waals surface area contributed by atoms with E-state index in [0.29, 0.717) is 29.7 Å². The molecule has 6 rings (SSSR count). The van der Waals surface area contributed by atoms with Gasteiger partial charge in [-0.25, -0.2) is 0 Å². The molecular formula is C32H47BN4O4. The van der Waals surface area contributed by atoms with Crippen molar-refractivity contribution < 1.29 is 18.9 Å². The molecule has 0 unspecified atom stereocenters. The van der Waals surface area contributed by atoms with Crippen molar-refractivity contribution in [1.29, 1.82) is 0 Å². The molecule has 3 saturated carbocycles. The fourth-order valence-corrected chi connectivity index (χ4v) is 7.34. The van der Waals surface area contributed by atoms with Crippen molar-refractivity contribution in [2.75, 3.05) is 0 Å². The van der Waals surface area contributed by atoms with Crippen LogP contribution in [-0.2, 0) is 27.1 Å². The maximum absolute atomic E-state index is 13.8. The fraction of sp³-hybridized carbons (Fsp3) is 0.656. The number of carbonyl (C=O) groups is 2. The van der Waals surface area contributed by atoms with Crippen molar-refractivity contribution in [3.05, 3.63) is 53.9 Å². The van der Waals surface area contributed by atoms with Crippen LogP contribution in [0.15, 0.2) is 42.7 Å². The minimum Gasteiger partial charge on any atom is -0.404 e. The third-order valence-electron chi connectivity index (χ3n) is 9.94. The van der Waals surface area contributed by atoms with Crippen LogP contribution in [0.25, 0.3) is 0 Å². The van der Waals surface area contributed by atoms with Gasteiger partial charge in [-0.1, -0.05) is 53.2 Å². The summed E-state index contributed by atoms with van der Waals surface area (Å²) in [6, 6.07) is 8.64. The monoisotopic (exact) mass is 562 g/mol. The van der Waals surface area contributed by atoms with Gasteiger partial charge in [0, 0.05) is 18.0 Å². The number of rotatable bonds is 12. The molecule has 222 valence electrons. The zero-order chi connectivity index (χ0) is 29.4. The molecular weight excluding hydrogens is 515 g/mol. The lowest BCUT2D eigenvalue weighted by atomic mass is 9.43. The molecule has 4 aliphatic rings. The van der Waals surface area contributed by atoms with E-state index in [-0.39, 0.29) is 41.4 Å². The smallest absolute Gasteiger partial charge is 0.404 e. The number of aromatic nitrogens is 2. The highest BCUT2D eigenvalue weighted by Crippen LogP contribution is 2.65. The molecule has 8 nitrogen and oxygen atoms in total. The molecule has 41 heavy (non-hydrogen) atoms. The zero-order valence-electron chi connectivity index (χ0n) is 25.6. The summed E-state index contributed by atoms with van der Waals surface area (Å²) >= 11 is 0. The van der Waals surface area contributed by atoms with E-state index in [9.17, 15) is 9.59 Å². The first-order chi connectivity index (χ1) is 19.5. The highest BCUT2D eigenvalue weighted by molar-refractivity contribution is 6.48. The Bertz CT molecular complexity index is 1200. The average molecular weight is 563 g/mol. The second-order valence-electron chi connectivity index (χ2n) is 13.6. The van der Waals surface area contributed by atoms with Crippen molar-refractivity contribution in [2.45, 2.75) is 110 Å². The van der Waals surface area contributed by atoms with Gasteiger partial charge in [-0.15, -0.1) is 0 Å². The van der Waals surface area contributed by atoms with Crippen LogP contribution in [0.3, 0.4) is 0 Å². The molecule has 0 radical (unpaired) electrons. The number of hydrogen-bond acceptors (Lipinski definition) is 5. The first kappa shape index (κ1) is 29.8. The third-order valence-corrected chi connectivity index (χ3v) is 9.94. The van der Waals surface area contributed by atoms with Gasteiger partial charge in [-0.05, 0) is 86.0 Å². The van der Waals surface area contributed by atoms with Crippen LogP contribution in [0.1, 0.15) is 89.6 Å². The summed E-state index contributed by atoms with van der Waals surface area (Å²) in [6.45, 7) is 13.5. The van der Waals surface area contributed by atoms with Crippen LogP contribution >= 0.6 is 0 Å². The van der Waals surface area contributed by atoms with E-state index in [0.717, 1.165) is 25.7 Å². The van der Waals surface area contributed by atoms with Crippen LogP contribution < -0.4 is 10.6 Å². The van der Waals surface area contributed by atoms with Gasteiger partial charge < -0.3 is 19.9 Å². The van der Waals surface area contributed by atoms with Crippen molar-refractivity contribution in [3.63, 3.8) is 0 Å².